The van der Waals surface area contributed by atoms with Crippen LogP contribution in [0, 0.1) is 0 Å². The molecular formula is C16H13NO4. The number of amides is 1. The highest BCUT2D eigenvalue weighted by Gasteiger charge is 2.25. The van der Waals surface area contributed by atoms with Crippen molar-refractivity contribution in [1.82, 2.24) is 5.32 Å². The Bertz CT molecular complexity index is 711. The smallest absolute Gasteiger partial charge is 0.335 e. The Morgan fingerprint density at radius 2 is 1.86 bits per heavy atom. The number of benzene rings is 2. The van der Waals surface area contributed by atoms with Gasteiger partial charge in [0.1, 0.15) is 12.4 Å². The molecule has 0 aromatic heterocycles. The number of carboxylic acid groups (broad SMARTS) is 1. The zero-order chi connectivity index (χ0) is 14.8. The van der Waals surface area contributed by atoms with E-state index in [1.54, 1.807) is 12.1 Å². The fraction of sp³-hybridized carbons (Fsp3) is 0.125. The number of carboxylic acids is 1. The van der Waals surface area contributed by atoms with Gasteiger partial charge in [0.05, 0.1) is 11.6 Å². The van der Waals surface area contributed by atoms with Gasteiger partial charge in [0, 0.05) is 11.1 Å². The molecule has 2 aromatic rings. The molecule has 5 heteroatoms. The number of carbonyl (C=O) groups excluding carboxylic acids is 1. The minimum Gasteiger partial charge on any atom is -0.491 e. The first-order valence-electron chi connectivity index (χ1n) is 6.51. The second-order valence-electron chi connectivity index (χ2n) is 4.76. The van der Waals surface area contributed by atoms with E-state index in [1.165, 1.54) is 12.1 Å². The van der Waals surface area contributed by atoms with Gasteiger partial charge in [0.2, 0.25) is 0 Å². The largest absolute Gasteiger partial charge is 0.491 e. The second kappa shape index (κ2) is 5.28. The maximum atomic E-state index is 12.2. The Hall–Kier alpha value is -2.82. The first-order chi connectivity index (χ1) is 10.1. The molecule has 0 unspecified atom stereocenters. The Kier molecular flexibility index (Phi) is 3.31. The summed E-state index contributed by atoms with van der Waals surface area (Å²) < 4.78 is 5.50. The van der Waals surface area contributed by atoms with E-state index in [0.29, 0.717) is 12.2 Å². The van der Waals surface area contributed by atoms with Crippen LogP contribution in [0.1, 0.15) is 32.3 Å². The first-order valence-corrected chi connectivity index (χ1v) is 6.51. The molecule has 0 bridgehead atoms. The lowest BCUT2D eigenvalue weighted by Gasteiger charge is -2.12. The van der Waals surface area contributed by atoms with E-state index in [1.807, 2.05) is 24.3 Å². The van der Waals surface area contributed by atoms with Crippen molar-refractivity contribution >= 4 is 11.9 Å². The fourth-order valence-corrected chi connectivity index (χ4v) is 2.32. The number of carbonyl (C=O) groups is 2. The highest BCUT2D eigenvalue weighted by Crippen LogP contribution is 2.31. The summed E-state index contributed by atoms with van der Waals surface area (Å²) in [7, 11) is 0. The van der Waals surface area contributed by atoms with E-state index in [-0.39, 0.29) is 17.5 Å². The molecular weight excluding hydrogens is 270 g/mol. The summed E-state index contributed by atoms with van der Waals surface area (Å²) in [6.07, 6.45) is 0. The van der Waals surface area contributed by atoms with Crippen LogP contribution in [0.2, 0.25) is 0 Å². The molecule has 1 aliphatic heterocycles. The molecule has 1 atom stereocenters. The number of fused-ring (bicyclic) bond motifs is 1. The molecule has 1 amide bonds. The van der Waals surface area contributed by atoms with Crippen LogP contribution >= 0.6 is 0 Å². The SMILES string of the molecule is O=C(O)c1cccc(C(=O)N[C@@H]2COc3ccccc32)c1. The van der Waals surface area contributed by atoms with E-state index >= 15 is 0 Å². The lowest BCUT2D eigenvalue weighted by atomic mass is 10.1. The maximum absolute atomic E-state index is 12.2. The van der Waals surface area contributed by atoms with E-state index in [9.17, 15) is 9.59 Å². The average Bonchev–Trinajstić information content (AvgIpc) is 2.91. The number of para-hydroxylation sites is 1. The third kappa shape index (κ3) is 2.58. The van der Waals surface area contributed by atoms with Crippen LogP contribution in [0.5, 0.6) is 5.75 Å². The number of rotatable bonds is 3. The molecule has 106 valence electrons. The van der Waals surface area contributed by atoms with Gasteiger partial charge in [-0.15, -0.1) is 0 Å². The maximum Gasteiger partial charge on any atom is 0.335 e. The summed E-state index contributed by atoms with van der Waals surface area (Å²) in [5.74, 6) is -0.607. The molecule has 2 aromatic carbocycles. The Morgan fingerprint density at radius 1 is 1.10 bits per heavy atom. The van der Waals surface area contributed by atoms with Gasteiger partial charge in [-0.2, -0.15) is 0 Å². The van der Waals surface area contributed by atoms with Crippen LogP contribution in [-0.4, -0.2) is 23.6 Å². The number of hydrogen-bond acceptors (Lipinski definition) is 3. The molecule has 1 heterocycles. The number of aromatic carboxylic acids is 1. The molecule has 2 N–H and O–H groups in total. The van der Waals surface area contributed by atoms with Crippen molar-refractivity contribution in [2.45, 2.75) is 6.04 Å². The number of hydrogen-bond donors (Lipinski definition) is 2. The van der Waals surface area contributed by atoms with Gasteiger partial charge in [-0.25, -0.2) is 4.79 Å². The molecule has 0 saturated heterocycles. The number of nitrogens with one attached hydrogen (secondary N) is 1. The van der Waals surface area contributed by atoms with Crippen LogP contribution in [0.15, 0.2) is 48.5 Å². The van der Waals surface area contributed by atoms with E-state index < -0.39 is 5.97 Å². The summed E-state index contributed by atoms with van der Waals surface area (Å²) in [5, 5.41) is 11.8. The average molecular weight is 283 g/mol. The van der Waals surface area contributed by atoms with E-state index in [2.05, 4.69) is 5.32 Å². The van der Waals surface area contributed by atoms with Crippen molar-refractivity contribution in [1.29, 1.82) is 0 Å². The molecule has 0 fully saturated rings. The third-order valence-corrected chi connectivity index (χ3v) is 3.38. The van der Waals surface area contributed by atoms with Crippen LogP contribution in [0.25, 0.3) is 0 Å². The molecule has 3 rings (SSSR count). The highest BCUT2D eigenvalue weighted by molar-refractivity contribution is 5.97. The summed E-state index contributed by atoms with van der Waals surface area (Å²) >= 11 is 0. The lowest BCUT2D eigenvalue weighted by Crippen LogP contribution is -2.29. The van der Waals surface area contributed by atoms with Crippen molar-refractivity contribution in [2.24, 2.45) is 0 Å². The minimum absolute atomic E-state index is 0.0886. The minimum atomic E-state index is -1.06. The van der Waals surface area contributed by atoms with Gasteiger partial charge in [0.25, 0.3) is 5.91 Å². The predicted octanol–water partition coefficient (Wildman–Crippen LogP) is 2.25. The topological polar surface area (TPSA) is 75.6 Å². The van der Waals surface area contributed by atoms with E-state index in [4.69, 9.17) is 9.84 Å². The van der Waals surface area contributed by atoms with Gasteiger partial charge < -0.3 is 15.2 Å². The van der Waals surface area contributed by atoms with Gasteiger partial charge in [-0.3, -0.25) is 4.79 Å². The van der Waals surface area contributed by atoms with Gasteiger partial charge in [-0.1, -0.05) is 24.3 Å². The van der Waals surface area contributed by atoms with Crippen molar-refractivity contribution in [3.63, 3.8) is 0 Å². The molecule has 1 aliphatic rings. The lowest BCUT2D eigenvalue weighted by molar-refractivity contribution is 0.0697. The summed E-state index contributed by atoms with van der Waals surface area (Å²) in [6.45, 7) is 0.379. The molecule has 5 nitrogen and oxygen atoms in total. The van der Waals surface area contributed by atoms with Crippen molar-refractivity contribution < 1.29 is 19.4 Å². The fourth-order valence-electron chi connectivity index (χ4n) is 2.32. The summed E-state index contributed by atoms with van der Waals surface area (Å²) in [5.41, 5.74) is 1.34. The van der Waals surface area contributed by atoms with Crippen LogP contribution < -0.4 is 10.1 Å². The van der Waals surface area contributed by atoms with Crippen molar-refractivity contribution in [2.75, 3.05) is 6.61 Å². The third-order valence-electron chi connectivity index (χ3n) is 3.38. The first kappa shape index (κ1) is 13.2. The second-order valence-corrected chi connectivity index (χ2v) is 4.76. The summed E-state index contributed by atoms with van der Waals surface area (Å²) in [6, 6.07) is 13.3. The van der Waals surface area contributed by atoms with Gasteiger partial charge >= 0.3 is 5.97 Å². The normalized spacial score (nSPS) is 15.9. The number of ether oxygens (including phenoxy) is 1. The highest BCUT2D eigenvalue weighted by atomic mass is 16.5. The van der Waals surface area contributed by atoms with Crippen molar-refractivity contribution in [3.05, 3.63) is 65.2 Å². The van der Waals surface area contributed by atoms with E-state index in [0.717, 1.165) is 11.3 Å². The Labute approximate surface area is 121 Å². The molecule has 0 aliphatic carbocycles. The predicted molar refractivity (Wildman–Crippen MR) is 75.5 cm³/mol. The summed E-state index contributed by atoms with van der Waals surface area (Å²) in [4.78, 5) is 23.2. The molecule has 0 saturated carbocycles. The molecule has 0 radical (unpaired) electrons. The Balaban J connectivity index is 1.79. The zero-order valence-electron chi connectivity index (χ0n) is 11.1. The Morgan fingerprint density at radius 3 is 2.67 bits per heavy atom. The van der Waals surface area contributed by atoms with Crippen LogP contribution in [-0.2, 0) is 0 Å². The van der Waals surface area contributed by atoms with Gasteiger partial charge in [0.15, 0.2) is 0 Å². The standard InChI is InChI=1S/C16H13NO4/c18-15(10-4-3-5-11(8-10)16(19)20)17-13-9-21-14-7-2-1-6-12(13)14/h1-8,13H,9H2,(H,17,18)(H,19,20)/t13-/m1/s1. The van der Waals surface area contributed by atoms with Gasteiger partial charge in [-0.05, 0) is 24.3 Å². The molecule has 0 spiro atoms. The van der Waals surface area contributed by atoms with Crippen LogP contribution in [0.3, 0.4) is 0 Å². The van der Waals surface area contributed by atoms with Crippen molar-refractivity contribution in [3.8, 4) is 5.75 Å². The monoisotopic (exact) mass is 283 g/mol. The zero-order valence-corrected chi connectivity index (χ0v) is 11.1. The van der Waals surface area contributed by atoms with Crippen LogP contribution in [0.4, 0.5) is 0 Å². The molecule has 21 heavy (non-hydrogen) atoms. The quantitative estimate of drug-likeness (QED) is 0.906.